The molecule has 0 bridgehead atoms. The van der Waals surface area contributed by atoms with E-state index in [1.165, 1.54) is 30.0 Å². The first-order valence-corrected chi connectivity index (χ1v) is 11.8. The van der Waals surface area contributed by atoms with Crippen LogP contribution in [0, 0.1) is 0 Å². The molecular formula is C22H23N3O3S2. The zero-order valence-corrected chi connectivity index (χ0v) is 18.4. The average Bonchev–Trinajstić information content (AvgIpc) is 3.43. The number of carbonyl (C=O) groups excluding carboxylic acids is 2. The number of hydrogen-bond donors (Lipinski definition) is 1. The molecule has 1 amide bonds. The van der Waals surface area contributed by atoms with Gasteiger partial charge in [0.2, 0.25) is 5.91 Å². The molecule has 1 N–H and O–H groups in total. The number of thioether (sulfide) groups is 1. The summed E-state index contributed by atoms with van der Waals surface area (Å²) in [5.41, 5.74) is 0.650. The molecule has 8 heteroatoms. The highest BCUT2D eigenvalue weighted by atomic mass is 32.2. The van der Waals surface area contributed by atoms with Crippen LogP contribution in [0.4, 0.5) is 0 Å². The molecule has 2 aromatic heterocycles. The summed E-state index contributed by atoms with van der Waals surface area (Å²) in [6, 6.07) is 11.2. The molecule has 1 aromatic carbocycles. The van der Waals surface area contributed by atoms with Crippen LogP contribution >= 0.6 is 23.1 Å². The van der Waals surface area contributed by atoms with Gasteiger partial charge in [-0.3, -0.25) is 19.0 Å². The predicted molar refractivity (Wildman–Crippen MR) is 120 cm³/mol. The number of rotatable bonds is 7. The Morgan fingerprint density at radius 2 is 1.97 bits per heavy atom. The molecule has 1 fully saturated rings. The number of aromatic nitrogens is 2. The molecule has 1 saturated carbocycles. The average molecular weight is 442 g/mol. The Morgan fingerprint density at radius 3 is 2.73 bits per heavy atom. The maximum absolute atomic E-state index is 13.2. The van der Waals surface area contributed by atoms with Crippen LogP contribution in [0.1, 0.15) is 53.2 Å². The van der Waals surface area contributed by atoms with E-state index in [2.05, 4.69) is 5.32 Å². The van der Waals surface area contributed by atoms with E-state index in [4.69, 9.17) is 4.98 Å². The van der Waals surface area contributed by atoms with Crippen molar-refractivity contribution in [3.05, 3.63) is 56.5 Å². The van der Waals surface area contributed by atoms with Crippen LogP contribution in [0.15, 0.2) is 46.3 Å². The highest BCUT2D eigenvalue weighted by Crippen LogP contribution is 2.32. The van der Waals surface area contributed by atoms with Crippen LogP contribution in [-0.4, -0.2) is 27.0 Å². The smallest absolute Gasteiger partial charge is 0.262 e. The number of Topliss-reactive ketones (excluding diaryl/α,β-unsaturated/α-hetero) is 1. The highest BCUT2D eigenvalue weighted by molar-refractivity contribution is 7.99. The molecule has 1 aliphatic rings. The third-order valence-corrected chi connectivity index (χ3v) is 7.32. The predicted octanol–water partition coefficient (Wildman–Crippen LogP) is 4.18. The number of para-hydroxylation sites is 1. The molecule has 30 heavy (non-hydrogen) atoms. The Balaban J connectivity index is 1.56. The topological polar surface area (TPSA) is 81.1 Å². The number of fused-ring (bicyclic) bond motifs is 1. The van der Waals surface area contributed by atoms with Crippen LogP contribution in [-0.2, 0) is 11.3 Å². The Labute approximate surface area is 182 Å². The van der Waals surface area contributed by atoms with E-state index in [1.54, 1.807) is 6.07 Å². The van der Waals surface area contributed by atoms with E-state index in [0.29, 0.717) is 27.5 Å². The SMILES string of the molecule is CC(=O)NCc1ccc(C(=O)CSc2nc3ccccc3c(=O)n2C2CCCC2)s1. The molecule has 0 saturated heterocycles. The Morgan fingerprint density at radius 1 is 1.20 bits per heavy atom. The summed E-state index contributed by atoms with van der Waals surface area (Å²) in [7, 11) is 0. The molecule has 0 atom stereocenters. The molecule has 0 unspecified atom stereocenters. The molecule has 3 aromatic rings. The van der Waals surface area contributed by atoms with Gasteiger partial charge in [-0.1, -0.05) is 36.7 Å². The number of nitrogens with one attached hydrogen (secondary N) is 1. The van der Waals surface area contributed by atoms with E-state index < -0.39 is 0 Å². The van der Waals surface area contributed by atoms with E-state index in [-0.39, 0.29) is 29.0 Å². The minimum atomic E-state index is -0.0981. The van der Waals surface area contributed by atoms with Crippen LogP contribution in [0.5, 0.6) is 0 Å². The molecule has 0 spiro atoms. The lowest BCUT2D eigenvalue weighted by Gasteiger charge is -2.18. The number of amides is 1. The lowest BCUT2D eigenvalue weighted by atomic mass is 10.2. The summed E-state index contributed by atoms with van der Waals surface area (Å²) in [6.45, 7) is 1.89. The van der Waals surface area contributed by atoms with Crippen molar-refractivity contribution < 1.29 is 9.59 Å². The standard InChI is InChI=1S/C22H23N3O3S2/c1-14(26)23-12-16-10-11-20(30-16)19(27)13-29-22-24-18-9-5-4-8-17(18)21(28)25(22)15-6-2-3-7-15/h4-5,8-11,15H,2-3,6-7,12-13H2,1H3,(H,23,26). The first-order chi connectivity index (χ1) is 14.5. The molecule has 1 aliphatic carbocycles. The first kappa shape index (κ1) is 20.8. The van der Waals surface area contributed by atoms with Crippen molar-refractivity contribution in [1.29, 1.82) is 0 Å². The lowest BCUT2D eigenvalue weighted by Crippen LogP contribution is -2.26. The molecule has 2 heterocycles. The number of thiophene rings is 1. The summed E-state index contributed by atoms with van der Waals surface area (Å²) in [5, 5.41) is 3.99. The van der Waals surface area contributed by atoms with Gasteiger partial charge < -0.3 is 5.32 Å². The van der Waals surface area contributed by atoms with Gasteiger partial charge in [0.25, 0.3) is 5.56 Å². The van der Waals surface area contributed by atoms with Crippen molar-refractivity contribution in [3.63, 3.8) is 0 Å². The molecule has 156 valence electrons. The van der Waals surface area contributed by atoms with Gasteiger partial charge in [0.15, 0.2) is 10.9 Å². The van der Waals surface area contributed by atoms with Crippen LogP contribution in [0.25, 0.3) is 10.9 Å². The number of benzene rings is 1. The second-order valence-electron chi connectivity index (χ2n) is 7.41. The normalized spacial score (nSPS) is 14.3. The van der Waals surface area contributed by atoms with Gasteiger partial charge in [-0.2, -0.15) is 0 Å². The lowest BCUT2D eigenvalue weighted by molar-refractivity contribution is -0.119. The second kappa shape index (κ2) is 9.14. The fraction of sp³-hybridized carbons (Fsp3) is 0.364. The zero-order valence-electron chi connectivity index (χ0n) is 16.7. The Bertz CT molecular complexity index is 1150. The fourth-order valence-corrected chi connectivity index (χ4v) is 5.67. The summed E-state index contributed by atoms with van der Waals surface area (Å²) >= 11 is 2.72. The quantitative estimate of drug-likeness (QED) is 0.338. The van der Waals surface area contributed by atoms with Gasteiger partial charge >= 0.3 is 0 Å². The van der Waals surface area contributed by atoms with Crippen molar-refractivity contribution in [2.24, 2.45) is 0 Å². The minimum absolute atomic E-state index is 0.000505. The number of hydrogen-bond acceptors (Lipinski definition) is 6. The van der Waals surface area contributed by atoms with Crippen molar-refractivity contribution >= 4 is 45.7 Å². The summed E-state index contributed by atoms with van der Waals surface area (Å²) in [5.74, 6) is 0.121. The second-order valence-corrected chi connectivity index (χ2v) is 9.52. The molecular weight excluding hydrogens is 418 g/mol. The molecule has 0 radical (unpaired) electrons. The van der Waals surface area contributed by atoms with Gasteiger partial charge in [0.1, 0.15) is 0 Å². The van der Waals surface area contributed by atoms with Crippen molar-refractivity contribution in [2.45, 2.75) is 50.4 Å². The van der Waals surface area contributed by atoms with Gasteiger partial charge in [-0.15, -0.1) is 11.3 Å². The van der Waals surface area contributed by atoms with Crippen molar-refractivity contribution in [1.82, 2.24) is 14.9 Å². The number of carbonyl (C=O) groups is 2. The van der Waals surface area contributed by atoms with Gasteiger partial charge in [-0.05, 0) is 37.1 Å². The largest absolute Gasteiger partial charge is 0.351 e. The third kappa shape index (κ3) is 4.49. The molecule has 4 rings (SSSR count). The zero-order chi connectivity index (χ0) is 21.1. The van der Waals surface area contributed by atoms with Gasteiger partial charge in [0, 0.05) is 17.8 Å². The van der Waals surface area contributed by atoms with Crippen molar-refractivity contribution in [3.8, 4) is 0 Å². The minimum Gasteiger partial charge on any atom is -0.351 e. The third-order valence-electron chi connectivity index (χ3n) is 5.25. The highest BCUT2D eigenvalue weighted by Gasteiger charge is 2.23. The monoisotopic (exact) mass is 441 g/mol. The first-order valence-electron chi connectivity index (χ1n) is 10.0. The maximum atomic E-state index is 13.2. The van der Waals surface area contributed by atoms with Gasteiger partial charge in [-0.25, -0.2) is 4.98 Å². The fourth-order valence-electron chi connectivity index (χ4n) is 3.75. The summed E-state index contributed by atoms with van der Waals surface area (Å²) < 4.78 is 1.81. The molecule has 0 aliphatic heterocycles. The van der Waals surface area contributed by atoms with Gasteiger partial charge in [0.05, 0.1) is 28.1 Å². The van der Waals surface area contributed by atoms with E-state index in [9.17, 15) is 14.4 Å². The maximum Gasteiger partial charge on any atom is 0.262 e. The number of ketones is 1. The Kier molecular flexibility index (Phi) is 6.34. The van der Waals surface area contributed by atoms with Crippen LogP contribution < -0.4 is 10.9 Å². The summed E-state index contributed by atoms with van der Waals surface area (Å²) in [4.78, 5) is 43.3. The summed E-state index contributed by atoms with van der Waals surface area (Å²) in [6.07, 6.45) is 4.16. The van der Waals surface area contributed by atoms with Crippen LogP contribution in [0.2, 0.25) is 0 Å². The van der Waals surface area contributed by atoms with E-state index >= 15 is 0 Å². The molecule has 6 nitrogen and oxygen atoms in total. The van der Waals surface area contributed by atoms with Crippen LogP contribution in [0.3, 0.4) is 0 Å². The van der Waals surface area contributed by atoms with E-state index in [1.807, 2.05) is 34.9 Å². The van der Waals surface area contributed by atoms with Crippen molar-refractivity contribution in [2.75, 3.05) is 5.75 Å². The number of nitrogens with zero attached hydrogens (tertiary/aromatic N) is 2. The van der Waals surface area contributed by atoms with E-state index in [0.717, 1.165) is 30.6 Å². The Hall–Kier alpha value is -2.45.